The zero-order valence-electron chi connectivity index (χ0n) is 17.5. The number of hydrogen-bond donors (Lipinski definition) is 2. The Morgan fingerprint density at radius 3 is 1.76 bits per heavy atom. The molecule has 148 valence electrons. The van der Waals surface area contributed by atoms with Crippen LogP contribution in [0.15, 0.2) is 12.2 Å². The van der Waals surface area contributed by atoms with Crippen molar-refractivity contribution in [1.82, 2.24) is 5.32 Å². The summed E-state index contributed by atoms with van der Waals surface area (Å²) in [5.74, 6) is -1.00. The summed E-state index contributed by atoms with van der Waals surface area (Å²) in [7, 11) is -5.75. The average molecular weight is 408 g/mol. The van der Waals surface area contributed by atoms with Crippen LogP contribution in [0.5, 0.6) is 0 Å². The Kier molecular flexibility index (Phi) is 8.79. The van der Waals surface area contributed by atoms with E-state index in [1.807, 2.05) is 13.0 Å². The fourth-order valence-corrected chi connectivity index (χ4v) is 6.10. The first-order chi connectivity index (χ1) is 11.0. The molecule has 0 aliphatic heterocycles. The number of rotatable bonds is 10. The number of nitrogens with one attached hydrogen (secondary N) is 1. The van der Waals surface area contributed by atoms with Crippen molar-refractivity contribution in [3.8, 4) is 0 Å². The summed E-state index contributed by atoms with van der Waals surface area (Å²) in [5, 5.41) is 11.1. The molecule has 0 spiro atoms. The summed E-state index contributed by atoms with van der Waals surface area (Å²) in [4.78, 5) is 10.7. The van der Waals surface area contributed by atoms with Crippen LogP contribution in [0.4, 0.5) is 4.79 Å². The SMILES string of the molecule is CC(O[Si](C)(C)C)C(C=CCNC(=O)O)(O[Si](C)(C)C)O[Si](C)(C)C. The first-order valence-corrected chi connectivity index (χ1v) is 18.9. The Labute approximate surface area is 156 Å². The van der Waals surface area contributed by atoms with Crippen molar-refractivity contribution < 1.29 is 23.2 Å². The van der Waals surface area contributed by atoms with Crippen LogP contribution in [-0.4, -0.2) is 54.6 Å². The van der Waals surface area contributed by atoms with Crippen molar-refractivity contribution in [3.05, 3.63) is 12.2 Å². The van der Waals surface area contributed by atoms with Crippen LogP contribution in [0, 0.1) is 0 Å². The van der Waals surface area contributed by atoms with Gasteiger partial charge in [0.25, 0.3) is 0 Å². The van der Waals surface area contributed by atoms with E-state index >= 15 is 0 Å². The molecule has 0 heterocycles. The molecule has 0 rings (SSSR count). The number of amides is 1. The minimum atomic E-state index is -1.97. The molecule has 1 atom stereocenters. The predicted molar refractivity (Wildman–Crippen MR) is 111 cm³/mol. The monoisotopic (exact) mass is 407 g/mol. The third kappa shape index (κ3) is 11.7. The molecule has 0 aromatic rings. The van der Waals surface area contributed by atoms with Gasteiger partial charge in [-0.3, -0.25) is 0 Å². The van der Waals surface area contributed by atoms with Gasteiger partial charge in [-0.15, -0.1) is 0 Å². The fraction of sp³-hybridized carbons (Fsp3) is 0.812. The van der Waals surface area contributed by atoms with Crippen LogP contribution in [-0.2, 0) is 13.3 Å². The van der Waals surface area contributed by atoms with E-state index in [1.165, 1.54) is 0 Å². The van der Waals surface area contributed by atoms with E-state index in [2.05, 4.69) is 64.2 Å². The van der Waals surface area contributed by atoms with E-state index in [0.29, 0.717) is 0 Å². The quantitative estimate of drug-likeness (QED) is 0.318. The molecule has 9 heteroatoms. The van der Waals surface area contributed by atoms with E-state index in [0.717, 1.165) is 0 Å². The highest BCUT2D eigenvalue weighted by atomic mass is 28.4. The molecule has 0 fully saturated rings. The van der Waals surface area contributed by atoms with Crippen LogP contribution in [0.25, 0.3) is 0 Å². The largest absolute Gasteiger partial charge is 0.465 e. The number of carboxylic acid groups (broad SMARTS) is 1. The van der Waals surface area contributed by atoms with E-state index in [9.17, 15) is 4.79 Å². The minimum absolute atomic E-state index is 0.195. The third-order valence-electron chi connectivity index (χ3n) is 2.75. The van der Waals surface area contributed by atoms with Gasteiger partial charge in [-0.05, 0) is 71.9 Å². The highest BCUT2D eigenvalue weighted by Gasteiger charge is 2.45. The van der Waals surface area contributed by atoms with Crippen LogP contribution in [0.2, 0.25) is 58.9 Å². The van der Waals surface area contributed by atoms with Gasteiger partial charge in [-0.25, -0.2) is 4.79 Å². The number of carbonyl (C=O) groups is 1. The van der Waals surface area contributed by atoms with Crippen molar-refractivity contribution in [3.63, 3.8) is 0 Å². The van der Waals surface area contributed by atoms with Gasteiger partial charge in [0, 0.05) is 6.54 Å². The molecule has 25 heavy (non-hydrogen) atoms. The predicted octanol–water partition coefficient (Wildman–Crippen LogP) is 4.45. The molecule has 0 bridgehead atoms. The van der Waals surface area contributed by atoms with Gasteiger partial charge < -0.3 is 23.7 Å². The molecule has 0 aromatic carbocycles. The average Bonchev–Trinajstić information content (AvgIpc) is 2.27. The van der Waals surface area contributed by atoms with Crippen molar-refractivity contribution >= 4 is 31.0 Å². The van der Waals surface area contributed by atoms with Gasteiger partial charge in [-0.1, -0.05) is 6.08 Å². The molecule has 2 N–H and O–H groups in total. The zero-order chi connectivity index (χ0) is 20.1. The molecule has 0 aliphatic carbocycles. The summed E-state index contributed by atoms with van der Waals surface area (Å²) in [6.45, 7) is 21.2. The van der Waals surface area contributed by atoms with E-state index < -0.39 is 36.8 Å². The van der Waals surface area contributed by atoms with Crippen LogP contribution in [0.3, 0.4) is 0 Å². The lowest BCUT2D eigenvalue weighted by Crippen LogP contribution is -2.57. The fourth-order valence-electron chi connectivity index (χ4n) is 2.33. The van der Waals surface area contributed by atoms with Gasteiger partial charge in [-0.2, -0.15) is 0 Å². The Balaban J connectivity index is 5.81. The Hall–Kier alpha value is -0.459. The van der Waals surface area contributed by atoms with Crippen molar-refractivity contribution in [1.29, 1.82) is 0 Å². The second kappa shape index (κ2) is 8.96. The van der Waals surface area contributed by atoms with Crippen molar-refractivity contribution in [2.75, 3.05) is 6.54 Å². The zero-order valence-corrected chi connectivity index (χ0v) is 20.5. The van der Waals surface area contributed by atoms with Crippen LogP contribution < -0.4 is 5.32 Å². The smallest absolute Gasteiger partial charge is 0.404 e. The minimum Gasteiger partial charge on any atom is -0.465 e. The molecular formula is C16H37NO5Si3. The normalized spacial score (nSPS) is 15.4. The molecule has 0 aromatic heterocycles. The summed E-state index contributed by atoms with van der Waals surface area (Å²) in [6, 6.07) is 0. The molecule has 0 radical (unpaired) electrons. The van der Waals surface area contributed by atoms with Crippen LogP contribution in [0.1, 0.15) is 6.92 Å². The Morgan fingerprint density at radius 2 is 1.44 bits per heavy atom. The molecule has 1 unspecified atom stereocenters. The molecule has 1 amide bonds. The van der Waals surface area contributed by atoms with E-state index in [4.69, 9.17) is 18.4 Å². The maximum Gasteiger partial charge on any atom is 0.404 e. The lowest BCUT2D eigenvalue weighted by atomic mass is 10.1. The maximum atomic E-state index is 10.7. The summed E-state index contributed by atoms with van der Waals surface area (Å²) < 4.78 is 19.3. The first kappa shape index (κ1) is 24.5. The summed E-state index contributed by atoms with van der Waals surface area (Å²) in [6.07, 6.45) is 2.24. The van der Waals surface area contributed by atoms with Crippen molar-refractivity contribution in [2.24, 2.45) is 0 Å². The second-order valence-corrected chi connectivity index (χ2v) is 22.4. The standard InChI is InChI=1S/C16H37NO5Si3/c1-14(20-23(2,3)4)16(21-24(5,6)7,22-25(8,9)10)12-11-13-17-15(18)19/h11-12,14,17H,13H2,1-10H3,(H,18,19). The van der Waals surface area contributed by atoms with Gasteiger partial charge in [0.15, 0.2) is 30.7 Å². The summed E-state index contributed by atoms with van der Waals surface area (Å²) >= 11 is 0. The van der Waals surface area contributed by atoms with Gasteiger partial charge in [0.2, 0.25) is 0 Å². The third-order valence-corrected chi connectivity index (χ3v) is 5.67. The van der Waals surface area contributed by atoms with Gasteiger partial charge in [0.05, 0.1) is 6.10 Å². The van der Waals surface area contributed by atoms with Gasteiger partial charge >= 0.3 is 6.09 Å². The van der Waals surface area contributed by atoms with E-state index in [1.54, 1.807) is 6.08 Å². The maximum absolute atomic E-state index is 10.7. The first-order valence-electron chi connectivity index (χ1n) is 8.68. The number of hydrogen-bond acceptors (Lipinski definition) is 4. The highest BCUT2D eigenvalue weighted by molar-refractivity contribution is 6.71. The molecule has 6 nitrogen and oxygen atoms in total. The van der Waals surface area contributed by atoms with E-state index in [-0.39, 0.29) is 12.6 Å². The van der Waals surface area contributed by atoms with Crippen LogP contribution >= 0.6 is 0 Å². The summed E-state index contributed by atoms with van der Waals surface area (Å²) in [5.41, 5.74) is 0. The lowest BCUT2D eigenvalue weighted by molar-refractivity contribution is -0.149. The molecule has 0 aliphatic rings. The lowest BCUT2D eigenvalue weighted by Gasteiger charge is -2.46. The van der Waals surface area contributed by atoms with Gasteiger partial charge in [0.1, 0.15) is 0 Å². The molecular weight excluding hydrogens is 370 g/mol. The second-order valence-electron chi connectivity index (χ2n) is 9.11. The van der Waals surface area contributed by atoms with Crippen molar-refractivity contribution in [2.45, 2.75) is 77.7 Å². The topological polar surface area (TPSA) is 77.0 Å². The Bertz CT molecular complexity index is 448. The molecule has 0 saturated heterocycles. The molecule has 0 saturated carbocycles. The Morgan fingerprint density at radius 1 is 1.00 bits per heavy atom. The highest BCUT2D eigenvalue weighted by Crippen LogP contribution is 2.32.